The van der Waals surface area contributed by atoms with Crippen LogP contribution < -0.4 is 0 Å². The van der Waals surface area contributed by atoms with Crippen molar-refractivity contribution in [2.75, 3.05) is 14.1 Å². The molecule has 1 unspecified atom stereocenters. The lowest BCUT2D eigenvalue weighted by Crippen LogP contribution is -2.17. The molecule has 1 aromatic heterocycles. The van der Waals surface area contributed by atoms with Gasteiger partial charge in [0.05, 0.1) is 4.34 Å². The van der Waals surface area contributed by atoms with Crippen molar-refractivity contribution in [3.8, 4) is 0 Å². The molecule has 0 aromatic carbocycles. The number of hydrogen-bond donors (Lipinski definition) is 1. The molecule has 1 atom stereocenters. The summed E-state index contributed by atoms with van der Waals surface area (Å²) in [4.78, 5) is 2.60. The van der Waals surface area contributed by atoms with E-state index in [4.69, 9.17) is 11.6 Å². The largest absolute Gasteiger partial charge is 0.373 e. The second-order valence-corrected chi connectivity index (χ2v) is 4.23. The molecule has 0 saturated heterocycles. The fraction of sp³-hybridized carbons (Fsp3) is 0.429. The summed E-state index contributed by atoms with van der Waals surface area (Å²) in [5.41, 5.74) is 0. The number of aliphatic hydroxyl groups excluding tert-OH is 1. The number of rotatable bonds is 2. The van der Waals surface area contributed by atoms with Crippen molar-refractivity contribution >= 4 is 22.9 Å². The van der Waals surface area contributed by atoms with E-state index in [9.17, 15) is 5.11 Å². The summed E-state index contributed by atoms with van der Waals surface area (Å²) < 4.78 is 0.709. The summed E-state index contributed by atoms with van der Waals surface area (Å²) in [6, 6.07) is 3.62. The molecule has 0 aliphatic carbocycles. The van der Waals surface area contributed by atoms with Crippen LogP contribution in [0.2, 0.25) is 4.34 Å². The first kappa shape index (κ1) is 9.00. The van der Waals surface area contributed by atoms with Crippen LogP contribution in [-0.4, -0.2) is 24.1 Å². The second-order valence-electron chi connectivity index (χ2n) is 2.48. The Kier molecular flexibility index (Phi) is 2.90. The predicted molar refractivity (Wildman–Crippen MR) is 48.0 cm³/mol. The fourth-order valence-electron chi connectivity index (χ4n) is 0.722. The Hall–Kier alpha value is -0.0900. The zero-order valence-electron chi connectivity index (χ0n) is 6.41. The first-order chi connectivity index (χ1) is 5.11. The van der Waals surface area contributed by atoms with Crippen LogP contribution in [0.1, 0.15) is 11.1 Å². The van der Waals surface area contributed by atoms with Crippen LogP contribution in [0.4, 0.5) is 0 Å². The third-order valence-corrected chi connectivity index (χ3v) is 2.61. The second kappa shape index (κ2) is 3.54. The van der Waals surface area contributed by atoms with Gasteiger partial charge in [0.2, 0.25) is 0 Å². The minimum atomic E-state index is -0.535. The van der Waals surface area contributed by atoms with Gasteiger partial charge in [-0.3, -0.25) is 4.90 Å². The molecule has 1 N–H and O–H groups in total. The molecule has 0 aliphatic heterocycles. The molecule has 0 fully saturated rings. The van der Waals surface area contributed by atoms with Gasteiger partial charge in [-0.25, -0.2) is 0 Å². The van der Waals surface area contributed by atoms with Gasteiger partial charge in [0, 0.05) is 4.88 Å². The third-order valence-electron chi connectivity index (χ3n) is 1.34. The van der Waals surface area contributed by atoms with Gasteiger partial charge < -0.3 is 5.11 Å². The van der Waals surface area contributed by atoms with Crippen LogP contribution in [-0.2, 0) is 0 Å². The van der Waals surface area contributed by atoms with Gasteiger partial charge in [-0.05, 0) is 26.2 Å². The average molecular weight is 192 g/mol. The maximum absolute atomic E-state index is 9.49. The molecule has 0 saturated carbocycles. The van der Waals surface area contributed by atoms with E-state index >= 15 is 0 Å². The fourth-order valence-corrected chi connectivity index (χ4v) is 1.87. The molecule has 2 nitrogen and oxygen atoms in total. The number of nitrogens with zero attached hydrogens (tertiary/aromatic N) is 1. The lowest BCUT2D eigenvalue weighted by molar-refractivity contribution is 0.0427. The van der Waals surface area contributed by atoms with Crippen molar-refractivity contribution in [3.63, 3.8) is 0 Å². The smallest absolute Gasteiger partial charge is 0.142 e. The minimum Gasteiger partial charge on any atom is -0.373 e. The first-order valence-electron chi connectivity index (χ1n) is 3.21. The molecule has 0 aliphatic rings. The van der Waals surface area contributed by atoms with Crippen molar-refractivity contribution in [1.82, 2.24) is 4.90 Å². The van der Waals surface area contributed by atoms with E-state index < -0.39 is 6.23 Å². The van der Waals surface area contributed by atoms with Gasteiger partial charge in [0.1, 0.15) is 6.23 Å². The van der Waals surface area contributed by atoms with Gasteiger partial charge in [-0.2, -0.15) is 0 Å². The van der Waals surface area contributed by atoms with Crippen LogP contribution >= 0.6 is 22.9 Å². The van der Waals surface area contributed by atoms with Crippen molar-refractivity contribution in [2.45, 2.75) is 6.23 Å². The standard InChI is InChI=1S/C7H10ClNOS/c1-9(2)7(10)5-3-4-6(8)11-5/h3-4,7,10H,1-2H3. The minimum absolute atomic E-state index is 0.535. The lowest BCUT2D eigenvalue weighted by atomic mass is 10.4. The van der Waals surface area contributed by atoms with Crippen LogP contribution in [0.5, 0.6) is 0 Å². The summed E-state index contributed by atoms with van der Waals surface area (Å²) in [5.74, 6) is 0. The Labute approximate surface area is 75.0 Å². The van der Waals surface area contributed by atoms with Crippen molar-refractivity contribution in [1.29, 1.82) is 0 Å². The van der Waals surface area contributed by atoms with Gasteiger partial charge in [0.25, 0.3) is 0 Å². The van der Waals surface area contributed by atoms with E-state index in [2.05, 4.69) is 0 Å². The highest BCUT2D eigenvalue weighted by molar-refractivity contribution is 7.16. The van der Waals surface area contributed by atoms with Gasteiger partial charge >= 0.3 is 0 Å². The van der Waals surface area contributed by atoms with E-state index in [1.54, 1.807) is 11.0 Å². The summed E-state index contributed by atoms with van der Waals surface area (Å²) in [7, 11) is 3.64. The molecule has 0 radical (unpaired) electrons. The van der Waals surface area contributed by atoms with E-state index in [1.165, 1.54) is 11.3 Å². The number of thiophene rings is 1. The maximum Gasteiger partial charge on any atom is 0.142 e. The van der Waals surface area contributed by atoms with E-state index in [0.717, 1.165) is 4.88 Å². The highest BCUT2D eigenvalue weighted by atomic mass is 35.5. The number of hydrogen-bond acceptors (Lipinski definition) is 3. The van der Waals surface area contributed by atoms with Crippen LogP contribution in [0, 0.1) is 0 Å². The summed E-state index contributed by atoms with van der Waals surface area (Å²) >= 11 is 7.10. The zero-order valence-corrected chi connectivity index (χ0v) is 7.99. The average Bonchev–Trinajstić information content (AvgIpc) is 2.34. The van der Waals surface area contributed by atoms with Crippen molar-refractivity contribution < 1.29 is 5.11 Å². The summed E-state index contributed by atoms with van der Waals surface area (Å²) in [5, 5.41) is 9.49. The molecular formula is C7H10ClNOS. The first-order valence-corrected chi connectivity index (χ1v) is 4.40. The monoisotopic (exact) mass is 191 g/mol. The molecular weight excluding hydrogens is 182 g/mol. The number of aliphatic hydroxyl groups is 1. The Morgan fingerprint density at radius 3 is 2.55 bits per heavy atom. The van der Waals surface area contributed by atoms with E-state index in [-0.39, 0.29) is 0 Å². The van der Waals surface area contributed by atoms with Crippen molar-refractivity contribution in [3.05, 3.63) is 21.3 Å². The van der Waals surface area contributed by atoms with Crippen LogP contribution in [0.3, 0.4) is 0 Å². The normalized spacial score (nSPS) is 13.9. The van der Waals surface area contributed by atoms with Crippen LogP contribution in [0.15, 0.2) is 12.1 Å². The molecule has 0 spiro atoms. The zero-order chi connectivity index (χ0) is 8.43. The van der Waals surface area contributed by atoms with Gasteiger partial charge in [-0.1, -0.05) is 11.6 Å². The molecule has 62 valence electrons. The molecule has 1 aromatic rings. The van der Waals surface area contributed by atoms with E-state index in [0.29, 0.717) is 4.34 Å². The molecule has 0 bridgehead atoms. The highest BCUT2D eigenvalue weighted by Crippen LogP contribution is 2.27. The van der Waals surface area contributed by atoms with Crippen molar-refractivity contribution in [2.24, 2.45) is 0 Å². The predicted octanol–water partition coefficient (Wildman–Crippen LogP) is 1.95. The third kappa shape index (κ3) is 2.17. The molecule has 11 heavy (non-hydrogen) atoms. The Balaban J connectivity index is 2.76. The molecule has 1 heterocycles. The van der Waals surface area contributed by atoms with Crippen LogP contribution in [0.25, 0.3) is 0 Å². The van der Waals surface area contributed by atoms with Gasteiger partial charge in [0.15, 0.2) is 0 Å². The topological polar surface area (TPSA) is 23.5 Å². The molecule has 4 heteroatoms. The van der Waals surface area contributed by atoms with Gasteiger partial charge in [-0.15, -0.1) is 11.3 Å². The Morgan fingerprint density at radius 2 is 2.18 bits per heavy atom. The lowest BCUT2D eigenvalue weighted by Gasteiger charge is -2.16. The van der Waals surface area contributed by atoms with E-state index in [1.807, 2.05) is 20.2 Å². The highest BCUT2D eigenvalue weighted by Gasteiger charge is 2.11. The molecule has 0 amide bonds. The Bertz CT molecular complexity index is 236. The molecule has 1 rings (SSSR count). The summed E-state index contributed by atoms with van der Waals surface area (Å²) in [6.07, 6.45) is -0.535. The quantitative estimate of drug-likeness (QED) is 0.723. The SMILES string of the molecule is CN(C)C(O)c1ccc(Cl)s1. The Morgan fingerprint density at radius 1 is 1.55 bits per heavy atom. The maximum atomic E-state index is 9.49. The summed E-state index contributed by atoms with van der Waals surface area (Å²) in [6.45, 7) is 0. The number of halogens is 1.